The highest BCUT2D eigenvalue weighted by atomic mass is 16.7. The number of hydrogen-bond acceptors (Lipinski definition) is 11. The number of aliphatic hydroxyl groups is 8. The monoisotopic (exact) mass is 342 g/mol. The van der Waals surface area contributed by atoms with Gasteiger partial charge in [0.2, 0.25) is 0 Å². The van der Waals surface area contributed by atoms with Crippen molar-refractivity contribution < 1.29 is 55.1 Å². The lowest BCUT2D eigenvalue weighted by molar-refractivity contribution is -0.355. The second-order valence-electron chi connectivity index (χ2n) is 5.53. The molecule has 11 heteroatoms. The normalized spacial score (nSPS) is 51.7. The van der Waals surface area contributed by atoms with Crippen LogP contribution >= 0.6 is 0 Å². The molecule has 0 saturated carbocycles. The van der Waals surface area contributed by atoms with E-state index in [1.807, 2.05) is 0 Å². The summed E-state index contributed by atoms with van der Waals surface area (Å²) in [5.74, 6) is 0. The smallest absolute Gasteiger partial charge is 0.187 e. The fourth-order valence-corrected chi connectivity index (χ4v) is 2.57. The topological polar surface area (TPSA) is 190 Å². The Morgan fingerprint density at radius 3 is 1.83 bits per heavy atom. The predicted octanol–water partition coefficient (Wildman–Crippen LogP) is -5.40. The van der Waals surface area contributed by atoms with Crippen molar-refractivity contribution in [3.05, 3.63) is 0 Å². The molecule has 0 aromatic heterocycles. The first-order valence-corrected chi connectivity index (χ1v) is 7.08. The maximum Gasteiger partial charge on any atom is 0.187 e. The van der Waals surface area contributed by atoms with Gasteiger partial charge in [-0.25, -0.2) is 0 Å². The minimum absolute atomic E-state index is 0.667. The zero-order valence-electron chi connectivity index (χ0n) is 12.0. The molecular formula is C12H22O11. The van der Waals surface area contributed by atoms with Gasteiger partial charge < -0.3 is 55.1 Å². The summed E-state index contributed by atoms with van der Waals surface area (Å²) >= 11 is 0. The Morgan fingerprint density at radius 1 is 0.652 bits per heavy atom. The molecule has 0 aromatic carbocycles. The minimum Gasteiger partial charge on any atom is -0.394 e. The van der Waals surface area contributed by atoms with E-state index in [0.29, 0.717) is 0 Å². The average molecular weight is 342 g/mol. The van der Waals surface area contributed by atoms with Crippen molar-refractivity contribution in [3.63, 3.8) is 0 Å². The summed E-state index contributed by atoms with van der Waals surface area (Å²) < 4.78 is 15.3. The summed E-state index contributed by atoms with van der Waals surface area (Å²) in [6, 6.07) is 0. The van der Waals surface area contributed by atoms with Crippen LogP contribution < -0.4 is 0 Å². The van der Waals surface area contributed by atoms with Gasteiger partial charge in [0, 0.05) is 0 Å². The van der Waals surface area contributed by atoms with Crippen LogP contribution in [0.25, 0.3) is 0 Å². The zero-order chi connectivity index (χ0) is 17.3. The average Bonchev–Trinajstić information content (AvgIpc) is 2.55. The molecule has 0 aromatic rings. The summed E-state index contributed by atoms with van der Waals surface area (Å²) in [6.07, 6.45) is -15.6. The Kier molecular flexibility index (Phi) is 6.27. The molecule has 2 heterocycles. The molecule has 2 aliphatic heterocycles. The van der Waals surface area contributed by atoms with E-state index in [2.05, 4.69) is 0 Å². The maximum atomic E-state index is 9.94. The van der Waals surface area contributed by atoms with Crippen molar-refractivity contribution >= 4 is 0 Å². The molecule has 8 N–H and O–H groups in total. The molecular weight excluding hydrogens is 320 g/mol. The highest BCUT2D eigenvalue weighted by Gasteiger charge is 2.50. The molecule has 10 atom stereocenters. The fraction of sp³-hybridized carbons (Fsp3) is 1.00. The number of hydrogen-bond donors (Lipinski definition) is 8. The highest BCUT2D eigenvalue weighted by molar-refractivity contribution is 4.93. The van der Waals surface area contributed by atoms with Crippen LogP contribution in [0.4, 0.5) is 0 Å². The Balaban J connectivity index is 2.11. The van der Waals surface area contributed by atoms with Crippen LogP contribution in [0.3, 0.4) is 0 Å². The third kappa shape index (κ3) is 3.65. The van der Waals surface area contributed by atoms with E-state index >= 15 is 0 Å². The summed E-state index contributed by atoms with van der Waals surface area (Å²) in [7, 11) is 0. The third-order valence-electron chi connectivity index (χ3n) is 3.98. The van der Waals surface area contributed by atoms with Gasteiger partial charge in [-0.1, -0.05) is 0 Å². The van der Waals surface area contributed by atoms with Crippen molar-refractivity contribution in [1.82, 2.24) is 0 Å². The molecule has 0 unspecified atom stereocenters. The largest absolute Gasteiger partial charge is 0.394 e. The molecule has 0 aliphatic carbocycles. The molecule has 23 heavy (non-hydrogen) atoms. The lowest BCUT2D eigenvalue weighted by Gasteiger charge is -2.45. The molecule has 0 bridgehead atoms. The number of rotatable bonds is 4. The van der Waals surface area contributed by atoms with Crippen LogP contribution in [-0.4, -0.2) is 115 Å². The highest BCUT2D eigenvalue weighted by Crippen LogP contribution is 2.28. The summed E-state index contributed by atoms with van der Waals surface area (Å²) in [5, 5.41) is 76.5. The lowest BCUT2D eigenvalue weighted by atomic mass is 9.97. The van der Waals surface area contributed by atoms with Crippen molar-refractivity contribution in [2.45, 2.75) is 61.4 Å². The molecule has 136 valence electrons. The Labute approximate surface area is 130 Å². The molecule has 2 aliphatic rings. The Hall–Kier alpha value is -0.440. The first kappa shape index (κ1) is 18.9. The van der Waals surface area contributed by atoms with Gasteiger partial charge in [0.15, 0.2) is 12.6 Å². The van der Waals surface area contributed by atoms with Gasteiger partial charge in [0.1, 0.15) is 48.8 Å². The van der Waals surface area contributed by atoms with Crippen molar-refractivity contribution in [2.24, 2.45) is 0 Å². The van der Waals surface area contributed by atoms with E-state index in [0.717, 1.165) is 0 Å². The van der Waals surface area contributed by atoms with E-state index < -0.39 is 74.6 Å². The van der Waals surface area contributed by atoms with E-state index in [4.69, 9.17) is 19.3 Å². The van der Waals surface area contributed by atoms with Gasteiger partial charge in [0.05, 0.1) is 13.2 Å². The molecule has 0 amide bonds. The summed E-state index contributed by atoms with van der Waals surface area (Å²) in [5.41, 5.74) is 0. The van der Waals surface area contributed by atoms with Crippen molar-refractivity contribution in [2.75, 3.05) is 13.2 Å². The van der Waals surface area contributed by atoms with Crippen LogP contribution in [0.1, 0.15) is 0 Å². The van der Waals surface area contributed by atoms with Crippen molar-refractivity contribution in [1.29, 1.82) is 0 Å². The zero-order valence-corrected chi connectivity index (χ0v) is 12.0. The minimum atomic E-state index is -1.74. The fourth-order valence-electron chi connectivity index (χ4n) is 2.57. The van der Waals surface area contributed by atoms with E-state index in [9.17, 15) is 35.7 Å². The van der Waals surface area contributed by atoms with E-state index in [1.54, 1.807) is 0 Å². The molecule has 2 fully saturated rings. The van der Waals surface area contributed by atoms with Gasteiger partial charge in [0.25, 0.3) is 0 Å². The molecule has 0 radical (unpaired) electrons. The quantitative estimate of drug-likeness (QED) is 0.243. The van der Waals surface area contributed by atoms with Crippen LogP contribution in [-0.2, 0) is 14.2 Å². The van der Waals surface area contributed by atoms with Gasteiger partial charge >= 0.3 is 0 Å². The molecule has 0 spiro atoms. The first-order valence-electron chi connectivity index (χ1n) is 7.08. The molecule has 11 nitrogen and oxygen atoms in total. The first-order chi connectivity index (χ1) is 10.8. The summed E-state index contributed by atoms with van der Waals surface area (Å²) in [4.78, 5) is 0. The van der Waals surface area contributed by atoms with Crippen LogP contribution in [0.15, 0.2) is 0 Å². The van der Waals surface area contributed by atoms with Gasteiger partial charge in [-0.05, 0) is 0 Å². The Bertz CT molecular complexity index is 378. The summed E-state index contributed by atoms with van der Waals surface area (Å²) in [6.45, 7) is -1.35. The SMILES string of the molecule is OC[C@@H]1O[C@H](O[C@H]2[C@H](O)[C@H](O)[C@H](O)O[C@@H]2CO)[C@H](O)[C@@H](O)[C@@H]1O. The molecule has 2 rings (SSSR count). The van der Waals surface area contributed by atoms with Gasteiger partial charge in [-0.2, -0.15) is 0 Å². The van der Waals surface area contributed by atoms with Gasteiger partial charge in [-0.3, -0.25) is 0 Å². The second-order valence-corrected chi connectivity index (χ2v) is 5.53. The van der Waals surface area contributed by atoms with Crippen LogP contribution in [0.5, 0.6) is 0 Å². The maximum absolute atomic E-state index is 9.94. The third-order valence-corrected chi connectivity index (χ3v) is 3.98. The van der Waals surface area contributed by atoms with Crippen molar-refractivity contribution in [3.8, 4) is 0 Å². The van der Waals surface area contributed by atoms with Crippen LogP contribution in [0.2, 0.25) is 0 Å². The van der Waals surface area contributed by atoms with Gasteiger partial charge in [-0.15, -0.1) is 0 Å². The second kappa shape index (κ2) is 7.63. The molecule has 2 saturated heterocycles. The Morgan fingerprint density at radius 2 is 1.26 bits per heavy atom. The predicted molar refractivity (Wildman–Crippen MR) is 68.6 cm³/mol. The number of ether oxygens (including phenoxy) is 3. The lowest BCUT2D eigenvalue weighted by Crippen LogP contribution is -2.64. The van der Waals surface area contributed by atoms with Crippen LogP contribution in [0, 0.1) is 0 Å². The van der Waals surface area contributed by atoms with E-state index in [-0.39, 0.29) is 0 Å². The standard InChI is InChI=1S/C12H22O11/c13-1-3-5(15)6(16)9(19)12(22-3)23-10-4(2-14)21-11(20)8(18)7(10)17/h3-20H,1-2H2/t3-,4+,5+,6-,7+,8-,9+,10+,11+,12+/m0/s1. The number of aliphatic hydroxyl groups excluding tert-OH is 8. The van der Waals surface area contributed by atoms with E-state index in [1.165, 1.54) is 0 Å².